The number of carbonyl (C=O) groups excluding carboxylic acids is 1. The molecule has 0 N–H and O–H groups in total. The van der Waals surface area contributed by atoms with E-state index in [9.17, 15) is 4.79 Å². The summed E-state index contributed by atoms with van der Waals surface area (Å²) >= 11 is 0. The Morgan fingerprint density at radius 3 is 2.57 bits per heavy atom. The van der Waals surface area contributed by atoms with E-state index in [0.717, 1.165) is 74.1 Å². The molecule has 2 aliphatic rings. The lowest BCUT2D eigenvalue weighted by Gasteiger charge is -2.35. The summed E-state index contributed by atoms with van der Waals surface area (Å²) in [7, 11) is 0. The van der Waals surface area contributed by atoms with Crippen LogP contribution in [0.2, 0.25) is 0 Å². The van der Waals surface area contributed by atoms with Gasteiger partial charge < -0.3 is 18.9 Å². The fourth-order valence-electron chi connectivity index (χ4n) is 4.11. The minimum absolute atomic E-state index is 0.191. The Morgan fingerprint density at radius 2 is 1.93 bits per heavy atom. The molecule has 2 saturated heterocycles. The third-order valence-corrected chi connectivity index (χ3v) is 6.05. The summed E-state index contributed by atoms with van der Waals surface area (Å²) in [4.78, 5) is 17.1. The van der Waals surface area contributed by atoms with Crippen molar-refractivity contribution >= 4 is 5.91 Å². The van der Waals surface area contributed by atoms with Crippen molar-refractivity contribution in [2.75, 3.05) is 39.3 Å². The summed E-state index contributed by atoms with van der Waals surface area (Å²) in [6.07, 6.45) is 3.14. The summed E-state index contributed by atoms with van der Waals surface area (Å²) in [6, 6.07) is 7.77. The molecule has 1 aromatic carbocycles. The van der Waals surface area contributed by atoms with Crippen LogP contribution in [0.5, 0.6) is 5.75 Å². The summed E-state index contributed by atoms with van der Waals surface area (Å²) in [5.41, 5.74) is 2.84. The highest BCUT2D eigenvalue weighted by molar-refractivity contribution is 5.79. The molecular formula is C23H31N3O4. The molecule has 2 fully saturated rings. The van der Waals surface area contributed by atoms with Crippen LogP contribution in [0.1, 0.15) is 35.4 Å². The first-order chi connectivity index (χ1) is 14.6. The average Bonchev–Trinajstić information content (AvgIpc) is 3.38. The van der Waals surface area contributed by atoms with Gasteiger partial charge in [0.25, 0.3) is 0 Å². The number of amides is 1. The monoisotopic (exact) mass is 413 g/mol. The van der Waals surface area contributed by atoms with E-state index < -0.39 is 0 Å². The molecule has 1 atom stereocenters. The molecule has 30 heavy (non-hydrogen) atoms. The van der Waals surface area contributed by atoms with E-state index in [0.29, 0.717) is 19.1 Å². The van der Waals surface area contributed by atoms with Crippen molar-refractivity contribution in [2.45, 2.75) is 45.8 Å². The number of aromatic nitrogens is 1. The molecule has 3 heterocycles. The Kier molecular flexibility index (Phi) is 6.69. The molecular weight excluding hydrogens is 382 g/mol. The van der Waals surface area contributed by atoms with Gasteiger partial charge in [0.15, 0.2) is 0 Å². The van der Waals surface area contributed by atoms with Crippen molar-refractivity contribution in [3.05, 3.63) is 46.8 Å². The summed E-state index contributed by atoms with van der Waals surface area (Å²) < 4.78 is 16.7. The first kappa shape index (κ1) is 20.9. The number of piperazine rings is 1. The number of hydrogen-bond donors (Lipinski definition) is 0. The van der Waals surface area contributed by atoms with Gasteiger partial charge in [0, 0.05) is 39.3 Å². The molecule has 7 nitrogen and oxygen atoms in total. The SMILES string of the molecule is Cc1noc(C)c1COc1ccc(CC(=O)N2CCN(C[C@H]3CCCO3)CC2)cc1. The van der Waals surface area contributed by atoms with Gasteiger partial charge in [-0.25, -0.2) is 0 Å². The number of hydrogen-bond acceptors (Lipinski definition) is 6. The van der Waals surface area contributed by atoms with Gasteiger partial charge in [0.05, 0.1) is 23.8 Å². The topological polar surface area (TPSA) is 68.0 Å². The van der Waals surface area contributed by atoms with Crippen LogP contribution >= 0.6 is 0 Å². The van der Waals surface area contributed by atoms with E-state index in [1.165, 1.54) is 6.42 Å². The maximum atomic E-state index is 12.7. The zero-order valence-corrected chi connectivity index (χ0v) is 17.9. The normalized spacial score (nSPS) is 19.9. The van der Waals surface area contributed by atoms with E-state index in [4.69, 9.17) is 14.0 Å². The van der Waals surface area contributed by atoms with Gasteiger partial charge >= 0.3 is 0 Å². The molecule has 1 aromatic heterocycles. The van der Waals surface area contributed by atoms with Gasteiger partial charge in [0.1, 0.15) is 18.1 Å². The highest BCUT2D eigenvalue weighted by Crippen LogP contribution is 2.19. The van der Waals surface area contributed by atoms with Crippen molar-refractivity contribution in [2.24, 2.45) is 0 Å². The predicted molar refractivity (Wildman–Crippen MR) is 112 cm³/mol. The molecule has 4 rings (SSSR count). The third-order valence-electron chi connectivity index (χ3n) is 6.05. The number of benzene rings is 1. The zero-order valence-electron chi connectivity index (χ0n) is 17.9. The van der Waals surface area contributed by atoms with Gasteiger partial charge in [-0.15, -0.1) is 0 Å². The number of aryl methyl sites for hydroxylation is 2. The smallest absolute Gasteiger partial charge is 0.227 e. The average molecular weight is 414 g/mol. The van der Waals surface area contributed by atoms with Gasteiger partial charge in [-0.05, 0) is 44.4 Å². The lowest BCUT2D eigenvalue weighted by Crippen LogP contribution is -2.50. The molecule has 0 radical (unpaired) electrons. The summed E-state index contributed by atoms with van der Waals surface area (Å²) in [6.45, 7) is 9.57. The number of carbonyl (C=O) groups is 1. The van der Waals surface area contributed by atoms with Crippen molar-refractivity contribution in [3.8, 4) is 5.75 Å². The highest BCUT2D eigenvalue weighted by Gasteiger charge is 2.24. The van der Waals surface area contributed by atoms with E-state index in [1.807, 2.05) is 43.0 Å². The van der Waals surface area contributed by atoms with Crippen molar-refractivity contribution < 1.29 is 18.8 Å². The van der Waals surface area contributed by atoms with Crippen LogP contribution in [0, 0.1) is 13.8 Å². The fraction of sp³-hybridized carbons (Fsp3) is 0.565. The lowest BCUT2D eigenvalue weighted by molar-refractivity contribution is -0.132. The quantitative estimate of drug-likeness (QED) is 0.695. The molecule has 162 valence electrons. The van der Waals surface area contributed by atoms with Crippen LogP contribution in [-0.4, -0.2) is 66.3 Å². The Hall–Kier alpha value is -2.38. The van der Waals surface area contributed by atoms with Crippen LogP contribution in [-0.2, 0) is 22.6 Å². The fourth-order valence-corrected chi connectivity index (χ4v) is 4.11. The highest BCUT2D eigenvalue weighted by atomic mass is 16.5. The van der Waals surface area contributed by atoms with Crippen LogP contribution in [0.25, 0.3) is 0 Å². The maximum Gasteiger partial charge on any atom is 0.227 e. The number of rotatable bonds is 7. The standard InChI is InChI=1S/C23H31N3O4/c1-17-22(18(2)30-24-17)16-29-20-7-5-19(6-8-20)14-23(27)26-11-9-25(10-12-26)15-21-4-3-13-28-21/h5-8,21H,3-4,9-16H2,1-2H3/t21-/m1/s1. The Bertz CT molecular complexity index is 815. The second kappa shape index (κ2) is 9.62. The third kappa shape index (κ3) is 5.21. The van der Waals surface area contributed by atoms with Crippen LogP contribution in [0.15, 0.2) is 28.8 Å². The van der Waals surface area contributed by atoms with Crippen molar-refractivity contribution in [1.29, 1.82) is 0 Å². The second-order valence-corrected chi connectivity index (χ2v) is 8.23. The molecule has 0 unspecified atom stereocenters. The summed E-state index contributed by atoms with van der Waals surface area (Å²) in [5, 5.41) is 3.94. The van der Waals surface area contributed by atoms with Crippen LogP contribution in [0.3, 0.4) is 0 Å². The van der Waals surface area contributed by atoms with Crippen molar-refractivity contribution in [3.63, 3.8) is 0 Å². The molecule has 0 spiro atoms. The Morgan fingerprint density at radius 1 is 1.17 bits per heavy atom. The van der Waals surface area contributed by atoms with E-state index in [2.05, 4.69) is 10.1 Å². The maximum absolute atomic E-state index is 12.7. The molecule has 7 heteroatoms. The number of nitrogens with zero attached hydrogens (tertiary/aromatic N) is 3. The van der Waals surface area contributed by atoms with Gasteiger partial charge in [-0.2, -0.15) is 0 Å². The van der Waals surface area contributed by atoms with E-state index in [-0.39, 0.29) is 5.91 Å². The minimum Gasteiger partial charge on any atom is -0.489 e. The van der Waals surface area contributed by atoms with Gasteiger partial charge in [-0.3, -0.25) is 9.69 Å². The first-order valence-corrected chi connectivity index (χ1v) is 10.8. The molecule has 0 saturated carbocycles. The molecule has 0 aliphatic carbocycles. The molecule has 2 aromatic rings. The van der Waals surface area contributed by atoms with Crippen molar-refractivity contribution in [1.82, 2.24) is 15.0 Å². The van der Waals surface area contributed by atoms with Crippen LogP contribution < -0.4 is 4.74 Å². The lowest BCUT2D eigenvalue weighted by atomic mass is 10.1. The minimum atomic E-state index is 0.191. The van der Waals surface area contributed by atoms with Gasteiger partial charge in [-0.1, -0.05) is 17.3 Å². The van der Waals surface area contributed by atoms with Gasteiger partial charge in [0.2, 0.25) is 5.91 Å². The molecule has 2 aliphatic heterocycles. The predicted octanol–water partition coefficient (Wildman–Crippen LogP) is 2.74. The van der Waals surface area contributed by atoms with E-state index >= 15 is 0 Å². The summed E-state index contributed by atoms with van der Waals surface area (Å²) in [5.74, 6) is 1.75. The second-order valence-electron chi connectivity index (χ2n) is 8.23. The zero-order chi connectivity index (χ0) is 20.9. The Balaban J connectivity index is 1.22. The molecule has 1 amide bonds. The molecule has 0 bridgehead atoms. The largest absolute Gasteiger partial charge is 0.489 e. The first-order valence-electron chi connectivity index (χ1n) is 10.8. The van der Waals surface area contributed by atoms with E-state index in [1.54, 1.807) is 0 Å². The number of ether oxygens (including phenoxy) is 2. The Labute approximate surface area is 177 Å². The van der Waals surface area contributed by atoms with Crippen LogP contribution in [0.4, 0.5) is 0 Å².